The molecule has 3 aliphatic rings. The third-order valence-corrected chi connectivity index (χ3v) is 12.5. The molecule has 13 nitrogen and oxygen atoms in total. The molecule has 0 aliphatic carbocycles. The van der Waals surface area contributed by atoms with Gasteiger partial charge in [0, 0.05) is 0 Å². The molecule has 3 heterocycles. The molecular weight excluding hydrogens is 905 g/mol. The SMILES string of the molecule is O=C1CCC(=O)O[C@H]2[C@H](OCc3ccccc3)[C@H](OCc3ccccc3)O[C@@H](COCc3ccccc3)[C@@H]2O[C@H]2O[C@@H](CO1)[C@H](OCc1ccccc1)[C@@H](OCc1ccccc1)[C@H]2OCc1ccccc1. The van der Waals surface area contributed by atoms with Crippen LogP contribution in [0.4, 0.5) is 0 Å². The summed E-state index contributed by atoms with van der Waals surface area (Å²) in [5, 5.41) is 0. The maximum atomic E-state index is 14.1. The molecule has 3 aliphatic heterocycles. The monoisotopic (exact) mass is 964 g/mol. The van der Waals surface area contributed by atoms with Gasteiger partial charge >= 0.3 is 11.9 Å². The van der Waals surface area contributed by atoms with Crippen LogP contribution in [0.15, 0.2) is 182 Å². The molecule has 10 atom stereocenters. The molecule has 0 saturated carbocycles. The van der Waals surface area contributed by atoms with Gasteiger partial charge < -0.3 is 52.1 Å². The number of rotatable bonds is 19. The third kappa shape index (κ3) is 14.3. The predicted molar refractivity (Wildman–Crippen MR) is 260 cm³/mol. The van der Waals surface area contributed by atoms with Crippen molar-refractivity contribution in [2.45, 2.75) is 114 Å². The summed E-state index contributed by atoms with van der Waals surface area (Å²) >= 11 is 0. The van der Waals surface area contributed by atoms with E-state index in [-0.39, 0.29) is 65.7 Å². The van der Waals surface area contributed by atoms with Crippen LogP contribution < -0.4 is 0 Å². The number of carbonyl (C=O) groups excluding carboxylic acids is 2. The summed E-state index contributed by atoms with van der Waals surface area (Å²) in [7, 11) is 0. The Morgan fingerprint density at radius 2 is 0.803 bits per heavy atom. The van der Waals surface area contributed by atoms with E-state index in [1.54, 1.807) is 0 Å². The number of benzene rings is 6. The summed E-state index contributed by atoms with van der Waals surface area (Å²) in [5.74, 6) is -1.29. The second kappa shape index (κ2) is 25.8. The third-order valence-electron chi connectivity index (χ3n) is 12.5. The summed E-state index contributed by atoms with van der Waals surface area (Å²) < 4.78 is 74.0. The van der Waals surface area contributed by atoms with Gasteiger partial charge in [0.05, 0.1) is 59.1 Å². The maximum absolute atomic E-state index is 14.1. The highest BCUT2D eigenvalue weighted by atomic mass is 16.8. The highest BCUT2D eigenvalue weighted by molar-refractivity contribution is 5.77. The molecular formula is C58H60O13. The topological polar surface area (TPSA) is 136 Å². The van der Waals surface area contributed by atoms with Crippen LogP contribution in [-0.2, 0) is 101 Å². The van der Waals surface area contributed by atoms with E-state index in [1.807, 2.05) is 182 Å². The van der Waals surface area contributed by atoms with Crippen molar-refractivity contribution in [3.8, 4) is 0 Å². The van der Waals surface area contributed by atoms with Gasteiger partial charge in [-0.15, -0.1) is 0 Å². The first-order valence-corrected chi connectivity index (χ1v) is 24.2. The van der Waals surface area contributed by atoms with E-state index < -0.39 is 73.4 Å². The Morgan fingerprint density at radius 3 is 1.30 bits per heavy atom. The minimum Gasteiger partial charge on any atom is -0.463 e. The van der Waals surface area contributed by atoms with Gasteiger partial charge in [-0.05, 0) is 33.4 Å². The molecule has 3 fully saturated rings. The van der Waals surface area contributed by atoms with Crippen molar-refractivity contribution >= 4 is 11.9 Å². The second-order valence-electron chi connectivity index (χ2n) is 17.7. The van der Waals surface area contributed by atoms with Crippen LogP contribution in [0, 0.1) is 0 Å². The fourth-order valence-electron chi connectivity index (χ4n) is 8.81. The van der Waals surface area contributed by atoms with Crippen LogP contribution in [0.25, 0.3) is 0 Å². The average molecular weight is 965 g/mol. The Balaban J connectivity index is 1.12. The molecule has 3 saturated heterocycles. The fourth-order valence-corrected chi connectivity index (χ4v) is 8.81. The van der Waals surface area contributed by atoms with Crippen molar-refractivity contribution in [2.24, 2.45) is 0 Å². The zero-order valence-electron chi connectivity index (χ0n) is 39.5. The highest BCUT2D eigenvalue weighted by Gasteiger charge is 2.55. The lowest BCUT2D eigenvalue weighted by molar-refractivity contribution is -0.374. The van der Waals surface area contributed by atoms with E-state index in [1.165, 1.54) is 0 Å². The first-order chi connectivity index (χ1) is 35.0. The number of fused-ring (bicyclic) bond motifs is 3. The minimum absolute atomic E-state index is 0.0196. The van der Waals surface area contributed by atoms with Gasteiger partial charge in [0.2, 0.25) is 0 Å². The van der Waals surface area contributed by atoms with Crippen LogP contribution in [0.1, 0.15) is 46.2 Å². The van der Waals surface area contributed by atoms with Crippen molar-refractivity contribution in [1.29, 1.82) is 0 Å². The lowest BCUT2D eigenvalue weighted by Gasteiger charge is -2.49. The summed E-state index contributed by atoms with van der Waals surface area (Å²) in [4.78, 5) is 27.7. The first-order valence-electron chi connectivity index (χ1n) is 24.2. The van der Waals surface area contributed by atoms with E-state index in [4.69, 9.17) is 52.1 Å². The fraction of sp³-hybridized carbons (Fsp3) is 0.345. The Bertz CT molecular complexity index is 2490. The van der Waals surface area contributed by atoms with Crippen molar-refractivity contribution in [3.63, 3.8) is 0 Å². The normalized spacial score (nSPS) is 25.9. The lowest BCUT2D eigenvalue weighted by atomic mass is 9.95. The first kappa shape index (κ1) is 49.9. The smallest absolute Gasteiger partial charge is 0.306 e. The molecule has 9 rings (SSSR count). The van der Waals surface area contributed by atoms with E-state index in [9.17, 15) is 9.59 Å². The zero-order valence-corrected chi connectivity index (χ0v) is 39.5. The van der Waals surface area contributed by atoms with Crippen LogP contribution >= 0.6 is 0 Å². The van der Waals surface area contributed by atoms with Gasteiger partial charge in [0.1, 0.15) is 49.3 Å². The summed E-state index contributed by atoms with van der Waals surface area (Å²) in [6.07, 6.45) is -10.9. The average Bonchev–Trinajstić information content (AvgIpc) is 3.42. The Morgan fingerprint density at radius 1 is 0.394 bits per heavy atom. The molecule has 0 N–H and O–H groups in total. The minimum atomic E-state index is -1.26. The molecule has 6 aromatic rings. The van der Waals surface area contributed by atoms with Crippen molar-refractivity contribution in [3.05, 3.63) is 215 Å². The van der Waals surface area contributed by atoms with Gasteiger partial charge in [-0.1, -0.05) is 182 Å². The predicted octanol–water partition coefficient (Wildman–Crippen LogP) is 8.85. The number of carbonyl (C=O) groups is 2. The highest BCUT2D eigenvalue weighted by Crippen LogP contribution is 2.37. The van der Waals surface area contributed by atoms with Gasteiger partial charge in [-0.25, -0.2) is 0 Å². The molecule has 0 unspecified atom stereocenters. The Hall–Kier alpha value is -6.10. The molecule has 0 radical (unpaired) electrons. The number of esters is 2. The van der Waals surface area contributed by atoms with Crippen LogP contribution in [0.5, 0.6) is 0 Å². The van der Waals surface area contributed by atoms with Gasteiger partial charge in [0.25, 0.3) is 0 Å². The van der Waals surface area contributed by atoms with E-state index in [0.29, 0.717) is 0 Å². The summed E-state index contributed by atoms with van der Waals surface area (Å²) in [6, 6.07) is 58.4. The molecule has 2 bridgehead atoms. The number of ether oxygens (including phenoxy) is 11. The van der Waals surface area contributed by atoms with E-state index in [2.05, 4.69) is 0 Å². The summed E-state index contributed by atoms with van der Waals surface area (Å²) in [5.41, 5.74) is 5.43. The Kier molecular flexibility index (Phi) is 18.2. The van der Waals surface area contributed by atoms with E-state index >= 15 is 0 Å². The molecule has 0 spiro atoms. The van der Waals surface area contributed by atoms with Crippen LogP contribution in [-0.4, -0.2) is 86.6 Å². The zero-order chi connectivity index (χ0) is 48.5. The largest absolute Gasteiger partial charge is 0.463 e. The Labute approximate surface area is 414 Å². The molecule has 6 aromatic carbocycles. The molecule has 0 amide bonds. The molecule has 0 aromatic heterocycles. The van der Waals surface area contributed by atoms with Gasteiger partial charge in [-0.2, -0.15) is 0 Å². The van der Waals surface area contributed by atoms with Crippen molar-refractivity contribution < 1.29 is 61.7 Å². The standard InChI is InChI=1S/C58H60O13/c59-49-31-32-50(60)70-54-52(47(39-61-33-41-19-7-1-8-20-41)68-57(67-38-46-29-17-6-18-30-46)56(54)66-37-45-27-15-5-16-28-45)71-58-55(65-36-44-25-13-4-14-26-44)53(64-35-43-23-11-3-12-24-43)51(48(69-58)40-62-49)63-34-42-21-9-2-10-22-42/h1-30,47-48,51-58H,31-40H2/t47-,48-,51-,52-,53+,54+,55+,56-,57+,58+/m0/s1. The molecule has 13 heteroatoms. The van der Waals surface area contributed by atoms with Crippen molar-refractivity contribution in [2.75, 3.05) is 13.2 Å². The molecule has 71 heavy (non-hydrogen) atoms. The number of cyclic esters (lactones) is 1. The summed E-state index contributed by atoms with van der Waals surface area (Å²) in [6.45, 7) is 0.773. The van der Waals surface area contributed by atoms with Crippen LogP contribution in [0.2, 0.25) is 0 Å². The lowest BCUT2D eigenvalue weighted by Crippen LogP contribution is -2.66. The van der Waals surface area contributed by atoms with Crippen molar-refractivity contribution in [1.82, 2.24) is 0 Å². The second-order valence-corrected chi connectivity index (χ2v) is 17.7. The van der Waals surface area contributed by atoms with E-state index in [0.717, 1.165) is 33.4 Å². The van der Waals surface area contributed by atoms with Crippen LogP contribution in [0.3, 0.4) is 0 Å². The van der Waals surface area contributed by atoms with Gasteiger partial charge in [-0.3, -0.25) is 9.59 Å². The number of hydrogen-bond acceptors (Lipinski definition) is 13. The molecule has 370 valence electrons. The quantitative estimate of drug-likeness (QED) is 0.0716. The maximum Gasteiger partial charge on any atom is 0.306 e. The van der Waals surface area contributed by atoms with Gasteiger partial charge in [0.15, 0.2) is 18.7 Å². The number of hydrogen-bond donors (Lipinski definition) is 0.